The summed E-state index contributed by atoms with van der Waals surface area (Å²) in [4.78, 5) is 14.2. The van der Waals surface area contributed by atoms with E-state index >= 15 is 0 Å². The molecule has 4 rings (SSSR count). The molecule has 0 atom stereocenters. The normalized spacial score (nSPS) is 18.6. The molecule has 2 aromatic rings. The Morgan fingerprint density at radius 2 is 1.53 bits per heavy atom. The average Bonchev–Trinajstić information content (AvgIpc) is 3.28. The molecule has 0 radical (unpaired) electrons. The molecule has 1 heterocycles. The van der Waals surface area contributed by atoms with Crippen LogP contribution in [0.4, 0.5) is 13.2 Å². The number of halogens is 3. The van der Waals surface area contributed by atoms with E-state index in [1.165, 1.54) is 47.8 Å². The lowest BCUT2D eigenvalue weighted by Gasteiger charge is -2.30. The fourth-order valence-electron chi connectivity index (χ4n) is 5.11. The average molecular weight is 494 g/mol. The molecule has 0 N–H and O–H groups in total. The van der Waals surface area contributed by atoms with Crippen LogP contribution in [-0.2, 0) is 32.2 Å². The van der Waals surface area contributed by atoms with Gasteiger partial charge in [0.05, 0.1) is 5.56 Å². The van der Waals surface area contributed by atoms with Crippen molar-refractivity contribution in [2.24, 2.45) is 0 Å². The molecule has 0 spiro atoms. The largest absolute Gasteiger partial charge is 0.481 e. The standard InChI is InChI=1S/C27H32F3O3S/c1-19-16-23(34-14-6-3-7-15-34)17-20(2)25(19)32-18-24(31)33-26(12-4-5-13-26)21-8-10-22(11-9-21)27(28,29)30/h8-11,16-17H,3-7,12-15,18H2,1-2H3/q+1. The van der Waals surface area contributed by atoms with Gasteiger partial charge in [0, 0.05) is 10.9 Å². The van der Waals surface area contributed by atoms with Gasteiger partial charge in [-0.05, 0) is 99.7 Å². The smallest absolute Gasteiger partial charge is 0.416 e. The molecule has 1 saturated carbocycles. The predicted molar refractivity (Wildman–Crippen MR) is 128 cm³/mol. The van der Waals surface area contributed by atoms with E-state index in [0.717, 1.165) is 36.1 Å². The molecule has 1 aliphatic carbocycles. The van der Waals surface area contributed by atoms with Gasteiger partial charge in [-0.2, -0.15) is 13.2 Å². The van der Waals surface area contributed by atoms with Crippen LogP contribution in [0.15, 0.2) is 41.3 Å². The maximum Gasteiger partial charge on any atom is 0.416 e. The van der Waals surface area contributed by atoms with E-state index in [2.05, 4.69) is 12.1 Å². The summed E-state index contributed by atoms with van der Waals surface area (Å²) in [5.74, 6) is 2.70. The fourth-order valence-corrected chi connectivity index (χ4v) is 7.58. The molecule has 0 bridgehead atoms. The molecular weight excluding hydrogens is 461 g/mol. The van der Waals surface area contributed by atoms with Crippen molar-refractivity contribution in [2.45, 2.75) is 75.5 Å². The highest BCUT2D eigenvalue weighted by molar-refractivity contribution is 7.96. The second-order valence-corrected chi connectivity index (χ2v) is 11.7. The van der Waals surface area contributed by atoms with Crippen molar-refractivity contribution >= 4 is 16.9 Å². The van der Waals surface area contributed by atoms with E-state index < -0.39 is 23.3 Å². The topological polar surface area (TPSA) is 35.5 Å². The lowest BCUT2D eigenvalue weighted by Crippen LogP contribution is -2.32. The third-order valence-electron chi connectivity index (χ3n) is 6.84. The SMILES string of the molecule is Cc1cc([S+]2CCCCC2)cc(C)c1OCC(=O)OC1(c2ccc(C(F)(F)F)cc2)CCCC1. The molecule has 2 fully saturated rings. The summed E-state index contributed by atoms with van der Waals surface area (Å²) in [5, 5.41) is 0. The highest BCUT2D eigenvalue weighted by Crippen LogP contribution is 2.43. The summed E-state index contributed by atoms with van der Waals surface area (Å²) in [7, 11) is 0.295. The van der Waals surface area contributed by atoms with Crippen LogP contribution in [0.1, 0.15) is 67.2 Å². The van der Waals surface area contributed by atoms with Crippen LogP contribution in [0.25, 0.3) is 0 Å². The molecule has 184 valence electrons. The van der Waals surface area contributed by atoms with Gasteiger partial charge >= 0.3 is 12.1 Å². The summed E-state index contributed by atoms with van der Waals surface area (Å²) in [6.07, 6.45) is 2.40. The molecule has 2 aromatic carbocycles. The molecule has 1 saturated heterocycles. The van der Waals surface area contributed by atoms with Crippen molar-refractivity contribution in [3.63, 3.8) is 0 Å². The molecule has 1 aliphatic heterocycles. The minimum absolute atomic E-state index is 0.227. The Bertz CT molecular complexity index is 982. The first-order chi connectivity index (χ1) is 16.2. The van der Waals surface area contributed by atoms with Crippen LogP contribution in [0.2, 0.25) is 0 Å². The number of aryl methyl sites for hydroxylation is 2. The van der Waals surface area contributed by atoms with Gasteiger partial charge in [0.2, 0.25) is 0 Å². The van der Waals surface area contributed by atoms with Gasteiger partial charge in [-0.25, -0.2) is 4.79 Å². The Morgan fingerprint density at radius 1 is 0.941 bits per heavy atom. The van der Waals surface area contributed by atoms with Crippen molar-refractivity contribution in [1.29, 1.82) is 0 Å². The summed E-state index contributed by atoms with van der Waals surface area (Å²) < 4.78 is 50.7. The van der Waals surface area contributed by atoms with Crippen LogP contribution in [0, 0.1) is 13.8 Å². The molecule has 0 unspecified atom stereocenters. The van der Waals surface area contributed by atoms with Crippen LogP contribution in [0.3, 0.4) is 0 Å². The molecular formula is C27H32F3O3S+. The van der Waals surface area contributed by atoms with Gasteiger partial charge in [0.15, 0.2) is 11.5 Å². The third kappa shape index (κ3) is 5.56. The van der Waals surface area contributed by atoms with Gasteiger partial charge in [-0.3, -0.25) is 0 Å². The zero-order valence-corrected chi connectivity index (χ0v) is 20.6. The van der Waals surface area contributed by atoms with E-state index in [-0.39, 0.29) is 6.61 Å². The van der Waals surface area contributed by atoms with Crippen molar-refractivity contribution in [3.8, 4) is 5.75 Å². The molecule has 34 heavy (non-hydrogen) atoms. The summed E-state index contributed by atoms with van der Waals surface area (Å²) in [6, 6.07) is 9.34. The number of rotatable bonds is 6. The van der Waals surface area contributed by atoms with Crippen molar-refractivity contribution < 1.29 is 27.4 Å². The second-order valence-electron chi connectivity index (χ2n) is 9.39. The predicted octanol–water partition coefficient (Wildman–Crippen LogP) is 6.87. The van der Waals surface area contributed by atoms with Crippen LogP contribution in [0.5, 0.6) is 5.75 Å². The van der Waals surface area contributed by atoms with E-state index in [1.807, 2.05) is 13.8 Å². The van der Waals surface area contributed by atoms with Crippen LogP contribution < -0.4 is 4.74 Å². The Morgan fingerprint density at radius 3 is 2.09 bits per heavy atom. The fraction of sp³-hybridized carbons (Fsp3) is 0.519. The Hall–Kier alpha value is -2.15. The maximum absolute atomic E-state index is 13.0. The number of esters is 1. The van der Waals surface area contributed by atoms with Gasteiger partial charge in [0.1, 0.15) is 22.9 Å². The van der Waals surface area contributed by atoms with Gasteiger partial charge in [-0.15, -0.1) is 0 Å². The van der Waals surface area contributed by atoms with E-state index in [4.69, 9.17) is 9.47 Å². The Labute approximate surface area is 202 Å². The van der Waals surface area contributed by atoms with E-state index in [0.29, 0.717) is 35.0 Å². The van der Waals surface area contributed by atoms with E-state index in [9.17, 15) is 18.0 Å². The highest BCUT2D eigenvalue weighted by atomic mass is 32.2. The quantitative estimate of drug-likeness (QED) is 0.325. The molecule has 7 heteroatoms. The minimum Gasteiger partial charge on any atom is -0.481 e. The zero-order chi connectivity index (χ0) is 24.3. The first kappa shape index (κ1) is 25.0. The number of benzene rings is 2. The Kier molecular flexibility index (Phi) is 7.51. The molecule has 2 aliphatic rings. The number of carbonyl (C=O) groups excluding carboxylic acids is 1. The van der Waals surface area contributed by atoms with Crippen molar-refractivity contribution in [3.05, 3.63) is 58.7 Å². The summed E-state index contributed by atoms with van der Waals surface area (Å²) in [5.41, 5.74) is 1.04. The van der Waals surface area contributed by atoms with E-state index in [1.54, 1.807) is 0 Å². The minimum atomic E-state index is -4.39. The number of alkyl halides is 3. The Balaban J connectivity index is 1.43. The maximum atomic E-state index is 13.0. The monoisotopic (exact) mass is 493 g/mol. The molecule has 0 amide bonds. The lowest BCUT2D eigenvalue weighted by atomic mass is 9.91. The summed E-state index contributed by atoms with van der Waals surface area (Å²) >= 11 is 0. The third-order valence-corrected chi connectivity index (χ3v) is 9.31. The number of hydrogen-bond acceptors (Lipinski definition) is 3. The van der Waals surface area contributed by atoms with Gasteiger partial charge in [0.25, 0.3) is 0 Å². The molecule has 3 nitrogen and oxygen atoms in total. The number of hydrogen-bond donors (Lipinski definition) is 0. The first-order valence-electron chi connectivity index (χ1n) is 12.0. The van der Waals surface area contributed by atoms with Crippen LogP contribution >= 0.6 is 0 Å². The second kappa shape index (κ2) is 10.2. The van der Waals surface area contributed by atoms with Crippen LogP contribution in [-0.4, -0.2) is 24.1 Å². The van der Waals surface area contributed by atoms with Crippen molar-refractivity contribution in [2.75, 3.05) is 18.1 Å². The highest BCUT2D eigenvalue weighted by Gasteiger charge is 2.40. The number of carbonyl (C=O) groups is 1. The zero-order valence-electron chi connectivity index (χ0n) is 19.8. The van der Waals surface area contributed by atoms with Crippen molar-refractivity contribution in [1.82, 2.24) is 0 Å². The van der Waals surface area contributed by atoms with Gasteiger partial charge < -0.3 is 9.47 Å². The number of ether oxygens (including phenoxy) is 2. The molecule has 0 aromatic heterocycles. The lowest BCUT2D eigenvalue weighted by molar-refractivity contribution is -0.163. The van der Waals surface area contributed by atoms with Gasteiger partial charge in [-0.1, -0.05) is 12.1 Å². The first-order valence-corrected chi connectivity index (χ1v) is 13.6. The summed E-state index contributed by atoms with van der Waals surface area (Å²) in [6.45, 7) is 3.78.